The van der Waals surface area contributed by atoms with Crippen LogP contribution in [0.5, 0.6) is 0 Å². The van der Waals surface area contributed by atoms with Crippen LogP contribution in [0.4, 0.5) is 34.1 Å². The fourth-order valence-corrected chi connectivity index (χ4v) is 11.6. The Hall–Kier alpha value is -10.9. The van der Waals surface area contributed by atoms with Crippen LogP contribution in [0, 0.1) is 22.7 Å². The molecule has 15 rings (SSSR count). The quantitative estimate of drug-likeness (QED) is 0.149. The van der Waals surface area contributed by atoms with Crippen LogP contribution in [0.2, 0.25) is 0 Å². The molecule has 5 heterocycles. The molecule has 0 unspecified atom stereocenters. The highest BCUT2D eigenvalue weighted by atomic mass is 16.3. The van der Waals surface area contributed by atoms with Crippen LogP contribution < -0.4 is 9.80 Å². The Kier molecular flexibility index (Phi) is 9.49. The summed E-state index contributed by atoms with van der Waals surface area (Å²) in [6.45, 7) is 0. The number of nitrogens with zero attached hydrogens (tertiary/aromatic N) is 7. The number of fused-ring (bicyclic) bond motifs is 14. The van der Waals surface area contributed by atoms with Gasteiger partial charge in [0, 0.05) is 78.8 Å². The zero-order chi connectivity index (χ0) is 50.4. The maximum Gasteiger partial charge on any atom is 0.145 e. The number of para-hydroxylation sites is 5. The molecule has 0 aliphatic rings. The van der Waals surface area contributed by atoms with Gasteiger partial charge in [-0.25, -0.2) is 0 Å². The number of furan rings is 2. The number of anilines is 6. The topological polar surface area (TPSA) is 103 Å². The Bertz CT molecular complexity index is 4520. The third-order valence-electron chi connectivity index (χ3n) is 14.8. The van der Waals surface area contributed by atoms with E-state index < -0.39 is 0 Å². The standard InChI is InChI=1S/C67H39N7O2/c68-40-42-36-60(73-56-28-24-48(71(44-14-4-1-5-15-44)45-16-6-2-7-17-45)38-54(56)64-58(73)30-26-52-50-20-10-12-22-62(50)75-66(52)64)61(37-43(42)41-69)74-57-29-25-49(72(46-18-8-3-9-19-46)47-32-34-70-35-33-47)39-55(57)65-59(74)31-27-53-51-21-11-13-23-63(51)76-67(53)65/h1-39H. The highest BCUT2D eigenvalue weighted by Gasteiger charge is 2.27. The summed E-state index contributed by atoms with van der Waals surface area (Å²) in [5.41, 5.74) is 14.4. The predicted octanol–water partition coefficient (Wildman–Crippen LogP) is 17.8. The number of rotatable bonds is 8. The summed E-state index contributed by atoms with van der Waals surface area (Å²) >= 11 is 0. The van der Waals surface area contributed by atoms with Gasteiger partial charge in [0.1, 0.15) is 34.5 Å². The summed E-state index contributed by atoms with van der Waals surface area (Å²) in [5, 5.41) is 29.6. The van der Waals surface area contributed by atoms with Gasteiger partial charge in [-0.3, -0.25) is 4.98 Å². The zero-order valence-electron chi connectivity index (χ0n) is 40.5. The molecule has 9 heteroatoms. The molecular formula is C67H39N7O2. The number of aromatic nitrogens is 3. The van der Waals surface area contributed by atoms with Gasteiger partial charge in [-0.15, -0.1) is 0 Å². The van der Waals surface area contributed by atoms with Crippen molar-refractivity contribution < 1.29 is 8.83 Å². The predicted molar refractivity (Wildman–Crippen MR) is 306 cm³/mol. The van der Waals surface area contributed by atoms with Crippen LogP contribution in [0.25, 0.3) is 98.9 Å². The van der Waals surface area contributed by atoms with Crippen LogP contribution in [0.3, 0.4) is 0 Å². The van der Waals surface area contributed by atoms with Gasteiger partial charge in [-0.1, -0.05) is 91.0 Å². The maximum atomic E-state index is 10.9. The van der Waals surface area contributed by atoms with E-state index in [4.69, 9.17) is 8.83 Å². The van der Waals surface area contributed by atoms with E-state index in [2.05, 4.69) is 170 Å². The van der Waals surface area contributed by atoms with E-state index in [9.17, 15) is 10.5 Å². The molecule has 0 N–H and O–H groups in total. The van der Waals surface area contributed by atoms with Gasteiger partial charge in [0.15, 0.2) is 0 Å². The first-order valence-corrected chi connectivity index (χ1v) is 25.0. The van der Waals surface area contributed by atoms with Crippen LogP contribution in [0.15, 0.2) is 246 Å². The third-order valence-corrected chi connectivity index (χ3v) is 14.8. The second kappa shape index (κ2) is 16.9. The molecule has 0 saturated carbocycles. The molecule has 15 aromatic rings. The van der Waals surface area contributed by atoms with Crippen molar-refractivity contribution in [3.63, 3.8) is 0 Å². The van der Waals surface area contributed by atoms with Gasteiger partial charge in [-0.05, 0) is 133 Å². The van der Waals surface area contributed by atoms with Gasteiger partial charge in [0.25, 0.3) is 0 Å². The third kappa shape index (κ3) is 6.40. The first kappa shape index (κ1) is 42.8. The minimum absolute atomic E-state index is 0.259. The van der Waals surface area contributed by atoms with Crippen LogP contribution in [0.1, 0.15) is 11.1 Å². The largest absolute Gasteiger partial charge is 0.455 e. The Labute approximate surface area is 434 Å². The minimum atomic E-state index is 0.259. The van der Waals surface area contributed by atoms with Crippen LogP contribution in [-0.4, -0.2) is 14.1 Å². The summed E-state index contributed by atoms with van der Waals surface area (Å²) < 4.78 is 18.3. The molecule has 0 amide bonds. The normalized spacial score (nSPS) is 11.7. The SMILES string of the molecule is N#Cc1cc(-n2c3ccc(N(c4ccccc4)c4ccccc4)cc3c3c4oc5ccccc5c4ccc32)c(-n2c3ccc(N(c4ccccc4)c4ccncc4)cc3c3c4oc5ccccc5c4ccc32)cc1C#N. The highest BCUT2D eigenvalue weighted by molar-refractivity contribution is 6.26. The van der Waals surface area contributed by atoms with Crippen molar-refractivity contribution in [3.8, 4) is 23.5 Å². The van der Waals surface area contributed by atoms with Gasteiger partial charge >= 0.3 is 0 Å². The molecule has 0 bridgehead atoms. The molecule has 76 heavy (non-hydrogen) atoms. The Morgan fingerprint density at radius 1 is 0.342 bits per heavy atom. The molecule has 0 fully saturated rings. The number of pyridine rings is 1. The number of hydrogen-bond acceptors (Lipinski definition) is 7. The molecule has 9 nitrogen and oxygen atoms in total. The van der Waals surface area contributed by atoms with Crippen molar-refractivity contribution in [1.29, 1.82) is 10.5 Å². The van der Waals surface area contributed by atoms with E-state index in [1.54, 1.807) is 0 Å². The van der Waals surface area contributed by atoms with Crippen molar-refractivity contribution in [2.45, 2.75) is 0 Å². The smallest absolute Gasteiger partial charge is 0.145 e. The van der Waals surface area contributed by atoms with E-state index in [1.165, 1.54) is 0 Å². The van der Waals surface area contributed by atoms with E-state index in [1.807, 2.05) is 103 Å². The average molecular weight is 974 g/mol. The average Bonchev–Trinajstić information content (AvgIpc) is 4.31. The highest BCUT2D eigenvalue weighted by Crippen LogP contribution is 2.48. The number of benzene rings is 10. The van der Waals surface area contributed by atoms with E-state index in [-0.39, 0.29) is 11.1 Å². The lowest BCUT2D eigenvalue weighted by Crippen LogP contribution is -2.10. The van der Waals surface area contributed by atoms with Gasteiger partial charge in [0.05, 0.1) is 55.3 Å². The fraction of sp³-hybridized carbons (Fsp3) is 0. The summed E-state index contributed by atoms with van der Waals surface area (Å²) in [4.78, 5) is 8.85. The molecule has 0 spiro atoms. The lowest BCUT2D eigenvalue weighted by molar-refractivity contribution is 0.672. The number of nitriles is 2. The van der Waals surface area contributed by atoms with Crippen LogP contribution >= 0.6 is 0 Å². The summed E-state index contributed by atoms with van der Waals surface area (Å²) in [7, 11) is 0. The Morgan fingerprint density at radius 3 is 1.14 bits per heavy atom. The Balaban J connectivity index is 1.06. The molecule has 354 valence electrons. The summed E-state index contributed by atoms with van der Waals surface area (Å²) in [6, 6.07) is 81.6. The van der Waals surface area contributed by atoms with Crippen molar-refractivity contribution in [3.05, 3.63) is 248 Å². The van der Waals surface area contributed by atoms with Gasteiger partial charge in [-0.2, -0.15) is 10.5 Å². The summed E-state index contributed by atoms with van der Waals surface area (Å²) in [5.74, 6) is 0. The van der Waals surface area contributed by atoms with Gasteiger partial charge in [0.2, 0.25) is 0 Å². The fourth-order valence-electron chi connectivity index (χ4n) is 11.6. The van der Waals surface area contributed by atoms with Crippen molar-refractivity contribution >= 4 is 122 Å². The Morgan fingerprint density at radius 2 is 0.724 bits per heavy atom. The second-order valence-corrected chi connectivity index (χ2v) is 18.9. The summed E-state index contributed by atoms with van der Waals surface area (Å²) in [6.07, 6.45) is 3.62. The molecule has 0 aliphatic heterocycles. The molecule has 10 aromatic carbocycles. The first-order chi connectivity index (χ1) is 37.6. The van der Waals surface area contributed by atoms with Crippen LogP contribution in [-0.2, 0) is 0 Å². The van der Waals surface area contributed by atoms with Crippen molar-refractivity contribution in [2.24, 2.45) is 0 Å². The van der Waals surface area contributed by atoms with Crippen molar-refractivity contribution in [1.82, 2.24) is 14.1 Å². The maximum absolute atomic E-state index is 10.9. The van der Waals surface area contributed by atoms with E-state index in [0.29, 0.717) is 11.4 Å². The minimum Gasteiger partial charge on any atom is -0.455 e. The molecule has 5 aromatic heterocycles. The van der Waals surface area contributed by atoms with Crippen molar-refractivity contribution in [2.75, 3.05) is 9.80 Å². The lowest BCUT2D eigenvalue weighted by Gasteiger charge is -2.25. The zero-order valence-corrected chi connectivity index (χ0v) is 40.5. The second-order valence-electron chi connectivity index (χ2n) is 18.9. The molecular weight excluding hydrogens is 935 g/mol. The van der Waals surface area contributed by atoms with Gasteiger partial charge < -0.3 is 27.8 Å². The molecule has 0 saturated heterocycles. The lowest BCUT2D eigenvalue weighted by atomic mass is 10.1. The number of hydrogen-bond donors (Lipinski definition) is 0. The monoisotopic (exact) mass is 973 g/mol. The molecule has 0 radical (unpaired) electrons. The molecule has 0 atom stereocenters. The van der Waals surface area contributed by atoms with E-state index in [0.717, 1.165) is 122 Å². The first-order valence-electron chi connectivity index (χ1n) is 25.0. The molecule has 0 aliphatic carbocycles. The van der Waals surface area contributed by atoms with E-state index >= 15 is 0 Å².